The zero-order chi connectivity index (χ0) is 10.2. The Morgan fingerprint density at radius 3 is 2.71 bits per heavy atom. The van der Waals surface area contributed by atoms with Crippen molar-refractivity contribution in [2.75, 3.05) is 12.9 Å². The topological polar surface area (TPSA) is 35.0 Å². The number of aromatic nitrogens is 2. The predicted octanol–water partition coefficient (Wildman–Crippen LogP) is 2.77. The maximum absolute atomic E-state index is 4.93. The maximum atomic E-state index is 4.93. The Kier molecular flexibility index (Phi) is 5.37. The van der Waals surface area contributed by atoms with Crippen molar-refractivity contribution in [2.45, 2.75) is 31.2 Å². The molecule has 14 heavy (non-hydrogen) atoms. The molecule has 0 radical (unpaired) electrons. The molecule has 0 fully saturated rings. The summed E-state index contributed by atoms with van der Waals surface area (Å²) >= 11 is 1.75. The molecule has 0 bridgehead atoms. The van der Waals surface area contributed by atoms with Crippen molar-refractivity contribution in [3.63, 3.8) is 0 Å². The van der Waals surface area contributed by atoms with E-state index in [9.17, 15) is 0 Å². The Balaban J connectivity index is 2.29. The molecule has 0 aliphatic heterocycles. The second-order valence-electron chi connectivity index (χ2n) is 2.97. The van der Waals surface area contributed by atoms with E-state index in [4.69, 9.17) is 4.74 Å². The second kappa shape index (κ2) is 6.65. The minimum Gasteiger partial charge on any atom is -0.480 e. The van der Waals surface area contributed by atoms with Gasteiger partial charge in [0.1, 0.15) is 5.03 Å². The normalized spacial score (nSPS) is 10.1. The van der Waals surface area contributed by atoms with Gasteiger partial charge in [-0.1, -0.05) is 19.8 Å². The third kappa shape index (κ3) is 3.96. The van der Waals surface area contributed by atoms with Crippen LogP contribution in [0.25, 0.3) is 0 Å². The van der Waals surface area contributed by atoms with E-state index in [2.05, 4.69) is 17.1 Å². The van der Waals surface area contributed by atoms with Gasteiger partial charge in [-0.05, 0) is 18.2 Å². The highest BCUT2D eigenvalue weighted by Gasteiger charge is 1.97. The average Bonchev–Trinajstić information content (AvgIpc) is 2.25. The first-order valence-electron chi connectivity index (χ1n) is 4.87. The third-order valence-electron chi connectivity index (χ3n) is 1.82. The van der Waals surface area contributed by atoms with E-state index in [-0.39, 0.29) is 0 Å². The zero-order valence-electron chi connectivity index (χ0n) is 8.69. The van der Waals surface area contributed by atoms with Crippen LogP contribution in [-0.4, -0.2) is 23.1 Å². The van der Waals surface area contributed by atoms with E-state index in [1.807, 2.05) is 12.1 Å². The van der Waals surface area contributed by atoms with Gasteiger partial charge in [-0.15, -0.1) is 22.0 Å². The van der Waals surface area contributed by atoms with Crippen LogP contribution in [0, 0.1) is 0 Å². The second-order valence-corrected chi connectivity index (χ2v) is 4.08. The monoisotopic (exact) mass is 212 g/mol. The van der Waals surface area contributed by atoms with Gasteiger partial charge in [0.25, 0.3) is 0 Å². The highest BCUT2D eigenvalue weighted by molar-refractivity contribution is 7.99. The van der Waals surface area contributed by atoms with Crippen molar-refractivity contribution in [3.8, 4) is 5.88 Å². The Hall–Kier alpha value is -0.770. The van der Waals surface area contributed by atoms with Crippen molar-refractivity contribution in [1.82, 2.24) is 10.2 Å². The highest BCUT2D eigenvalue weighted by atomic mass is 32.2. The lowest BCUT2D eigenvalue weighted by Crippen LogP contribution is -1.91. The van der Waals surface area contributed by atoms with Crippen LogP contribution in [0.2, 0.25) is 0 Å². The van der Waals surface area contributed by atoms with E-state index in [0.29, 0.717) is 5.88 Å². The molecule has 0 saturated carbocycles. The highest BCUT2D eigenvalue weighted by Crippen LogP contribution is 2.17. The molecule has 1 aromatic heterocycles. The van der Waals surface area contributed by atoms with Crippen molar-refractivity contribution >= 4 is 11.8 Å². The van der Waals surface area contributed by atoms with Gasteiger partial charge in [0.2, 0.25) is 5.88 Å². The summed E-state index contributed by atoms with van der Waals surface area (Å²) in [6.45, 7) is 2.21. The summed E-state index contributed by atoms with van der Waals surface area (Å²) < 4.78 is 4.93. The van der Waals surface area contributed by atoms with E-state index in [0.717, 1.165) is 10.8 Å². The summed E-state index contributed by atoms with van der Waals surface area (Å²) in [7, 11) is 1.60. The van der Waals surface area contributed by atoms with Gasteiger partial charge in [-0.3, -0.25) is 0 Å². The lowest BCUT2D eigenvalue weighted by molar-refractivity contribution is 0.390. The molecule has 0 atom stereocenters. The minimum absolute atomic E-state index is 0.572. The summed E-state index contributed by atoms with van der Waals surface area (Å²) in [5.74, 6) is 1.69. The van der Waals surface area contributed by atoms with E-state index in [1.165, 1.54) is 19.3 Å². The van der Waals surface area contributed by atoms with Crippen LogP contribution in [0.15, 0.2) is 17.2 Å². The first-order chi connectivity index (χ1) is 6.86. The smallest absolute Gasteiger partial charge is 0.233 e. The van der Waals surface area contributed by atoms with Crippen molar-refractivity contribution in [2.24, 2.45) is 0 Å². The van der Waals surface area contributed by atoms with Crippen LogP contribution in [0.3, 0.4) is 0 Å². The molecule has 78 valence electrons. The molecular formula is C10H16N2OS. The van der Waals surface area contributed by atoms with Gasteiger partial charge >= 0.3 is 0 Å². The number of thioether (sulfide) groups is 1. The predicted molar refractivity (Wildman–Crippen MR) is 58.8 cm³/mol. The lowest BCUT2D eigenvalue weighted by atomic mass is 10.3. The summed E-state index contributed by atoms with van der Waals surface area (Å²) in [4.78, 5) is 0. The molecule has 0 spiro atoms. The largest absolute Gasteiger partial charge is 0.480 e. The fourth-order valence-electron chi connectivity index (χ4n) is 1.02. The Labute approximate surface area is 89.3 Å². The third-order valence-corrected chi connectivity index (χ3v) is 2.83. The summed E-state index contributed by atoms with van der Waals surface area (Å²) in [5.41, 5.74) is 0. The summed E-state index contributed by atoms with van der Waals surface area (Å²) in [5, 5.41) is 8.91. The molecule has 0 unspecified atom stereocenters. The molecule has 0 N–H and O–H groups in total. The lowest BCUT2D eigenvalue weighted by Gasteiger charge is -2.00. The molecule has 3 nitrogen and oxygen atoms in total. The van der Waals surface area contributed by atoms with Crippen molar-refractivity contribution in [3.05, 3.63) is 12.1 Å². The maximum Gasteiger partial charge on any atom is 0.233 e. The molecule has 0 amide bonds. The number of nitrogens with zero attached hydrogens (tertiary/aromatic N) is 2. The van der Waals surface area contributed by atoms with E-state index in [1.54, 1.807) is 18.9 Å². The van der Waals surface area contributed by atoms with Gasteiger partial charge in [-0.25, -0.2) is 0 Å². The SMILES string of the molecule is CCCCCSc1ccc(OC)nn1. The molecule has 1 heterocycles. The van der Waals surface area contributed by atoms with Gasteiger partial charge in [0, 0.05) is 6.07 Å². The van der Waals surface area contributed by atoms with Gasteiger partial charge in [0.15, 0.2) is 0 Å². The quantitative estimate of drug-likeness (QED) is 0.536. The molecule has 0 aliphatic rings. The van der Waals surface area contributed by atoms with E-state index >= 15 is 0 Å². The standard InChI is InChI=1S/C10H16N2OS/c1-3-4-5-8-14-10-7-6-9(13-2)11-12-10/h6-7H,3-5,8H2,1-2H3. The molecular weight excluding hydrogens is 196 g/mol. The number of unbranched alkanes of at least 4 members (excludes halogenated alkanes) is 2. The number of hydrogen-bond acceptors (Lipinski definition) is 4. The van der Waals surface area contributed by atoms with Crippen LogP contribution in [-0.2, 0) is 0 Å². The molecule has 0 aromatic carbocycles. The Bertz CT molecular complexity index is 251. The molecule has 0 aliphatic carbocycles. The Morgan fingerprint density at radius 2 is 2.14 bits per heavy atom. The number of rotatable bonds is 6. The average molecular weight is 212 g/mol. The fraction of sp³-hybridized carbons (Fsp3) is 0.600. The van der Waals surface area contributed by atoms with Crippen LogP contribution >= 0.6 is 11.8 Å². The number of ether oxygens (including phenoxy) is 1. The van der Waals surface area contributed by atoms with Gasteiger partial charge < -0.3 is 4.74 Å². The van der Waals surface area contributed by atoms with E-state index < -0.39 is 0 Å². The van der Waals surface area contributed by atoms with Crippen LogP contribution in [0.1, 0.15) is 26.2 Å². The zero-order valence-corrected chi connectivity index (χ0v) is 9.51. The first kappa shape index (κ1) is 11.3. The minimum atomic E-state index is 0.572. The fourth-order valence-corrected chi connectivity index (χ4v) is 1.84. The first-order valence-corrected chi connectivity index (χ1v) is 5.86. The molecule has 0 saturated heterocycles. The molecule has 1 rings (SSSR count). The molecule has 1 aromatic rings. The summed E-state index contributed by atoms with van der Waals surface area (Å²) in [6.07, 6.45) is 3.79. The van der Waals surface area contributed by atoms with Crippen LogP contribution in [0.4, 0.5) is 0 Å². The van der Waals surface area contributed by atoms with Gasteiger partial charge in [-0.2, -0.15) is 0 Å². The number of hydrogen-bond donors (Lipinski definition) is 0. The van der Waals surface area contributed by atoms with Crippen molar-refractivity contribution < 1.29 is 4.74 Å². The van der Waals surface area contributed by atoms with Gasteiger partial charge in [0.05, 0.1) is 7.11 Å². The van der Waals surface area contributed by atoms with Crippen LogP contribution in [0.5, 0.6) is 5.88 Å². The van der Waals surface area contributed by atoms with Crippen LogP contribution < -0.4 is 4.74 Å². The Morgan fingerprint density at radius 1 is 1.29 bits per heavy atom. The number of methoxy groups -OCH3 is 1. The molecule has 4 heteroatoms. The van der Waals surface area contributed by atoms with Crippen molar-refractivity contribution in [1.29, 1.82) is 0 Å². The summed E-state index contributed by atoms with van der Waals surface area (Å²) in [6, 6.07) is 3.79.